The second-order valence-corrected chi connectivity index (χ2v) is 10.6. The summed E-state index contributed by atoms with van der Waals surface area (Å²) in [6, 6.07) is 0. The predicted octanol–water partition coefficient (Wildman–Crippen LogP) is 0.490. The van der Waals surface area contributed by atoms with Crippen LogP contribution in [0.1, 0.15) is 12.8 Å². The highest BCUT2D eigenvalue weighted by atomic mass is 19.1. The molecule has 0 radical (unpaired) electrons. The number of rotatable bonds is 8. The monoisotopic (exact) mass is 523 g/mol. The number of nitrogens with one attached hydrogen (secondary N) is 2. The Bertz CT molecular complexity index is 925. The van der Waals surface area contributed by atoms with Gasteiger partial charge in [-0.15, -0.1) is 4.91 Å². The van der Waals surface area contributed by atoms with E-state index in [1.807, 2.05) is 4.90 Å². The van der Waals surface area contributed by atoms with Crippen LogP contribution in [0.4, 0.5) is 20.2 Å². The number of aromatic nitrogens is 1. The molecule has 4 atom stereocenters. The molecule has 1 amide bonds. The molecule has 4 N–H and O–H groups in total. The standard InChI is InChI=1S/C24H39F2N9O2/c1-32-7-9-34(10-8-32)14-16-3-5-35(6-4-16)21-18(26)12-28-13-19(21)30-24(36)20(22(27)31-37)23-29-11-17(25)15-33(23)2/h12-13,16-17,20,22-23,29H,3-11,14-15,27H2,1-2H3,(H,30,36). The first-order chi connectivity index (χ1) is 17.8. The van der Waals surface area contributed by atoms with Crippen molar-refractivity contribution in [3.8, 4) is 0 Å². The molecule has 3 fully saturated rings. The molecule has 13 heteroatoms. The molecule has 4 heterocycles. The fraction of sp³-hybridized carbons (Fsp3) is 0.750. The van der Waals surface area contributed by atoms with Gasteiger partial charge in [0, 0.05) is 58.9 Å². The van der Waals surface area contributed by atoms with Crippen molar-refractivity contribution in [2.24, 2.45) is 22.7 Å². The maximum Gasteiger partial charge on any atom is 0.234 e. The van der Waals surface area contributed by atoms with Crippen molar-refractivity contribution in [1.29, 1.82) is 0 Å². The van der Waals surface area contributed by atoms with Crippen LogP contribution in [0, 0.1) is 22.6 Å². The van der Waals surface area contributed by atoms with Crippen LogP contribution in [0.15, 0.2) is 17.6 Å². The highest BCUT2D eigenvalue weighted by Crippen LogP contribution is 2.33. The number of piperidine rings is 1. The van der Waals surface area contributed by atoms with E-state index < -0.39 is 36.1 Å². The van der Waals surface area contributed by atoms with E-state index in [9.17, 15) is 14.1 Å². The van der Waals surface area contributed by atoms with Crippen molar-refractivity contribution in [2.75, 3.05) is 83.2 Å². The molecule has 1 aromatic heterocycles. The van der Waals surface area contributed by atoms with Crippen molar-refractivity contribution >= 4 is 17.3 Å². The van der Waals surface area contributed by atoms with Gasteiger partial charge in [0.15, 0.2) is 12.0 Å². The number of anilines is 2. The number of carbonyl (C=O) groups is 1. The molecule has 0 bridgehead atoms. The van der Waals surface area contributed by atoms with E-state index in [1.54, 1.807) is 11.9 Å². The normalized spacial score (nSPS) is 26.6. The predicted molar refractivity (Wildman–Crippen MR) is 138 cm³/mol. The summed E-state index contributed by atoms with van der Waals surface area (Å²) < 4.78 is 28.9. The Morgan fingerprint density at radius 1 is 1.22 bits per heavy atom. The lowest BCUT2D eigenvalue weighted by Gasteiger charge is -2.40. The van der Waals surface area contributed by atoms with E-state index >= 15 is 4.39 Å². The van der Waals surface area contributed by atoms with Crippen LogP contribution in [0.3, 0.4) is 0 Å². The zero-order chi connectivity index (χ0) is 26.5. The van der Waals surface area contributed by atoms with Gasteiger partial charge in [0.05, 0.1) is 24.2 Å². The molecule has 4 rings (SSSR count). The number of hydrogen-bond donors (Lipinski definition) is 3. The van der Waals surface area contributed by atoms with Crippen molar-refractivity contribution in [3.63, 3.8) is 0 Å². The third kappa shape index (κ3) is 6.77. The maximum atomic E-state index is 15.1. The summed E-state index contributed by atoms with van der Waals surface area (Å²) in [4.78, 5) is 37.0. The van der Waals surface area contributed by atoms with Crippen LogP contribution in [0.25, 0.3) is 0 Å². The number of hydrogen-bond acceptors (Lipinski definition) is 10. The molecular weight excluding hydrogens is 484 g/mol. The molecule has 4 unspecified atom stereocenters. The van der Waals surface area contributed by atoms with E-state index in [1.165, 1.54) is 6.20 Å². The zero-order valence-electron chi connectivity index (χ0n) is 21.7. The van der Waals surface area contributed by atoms with E-state index in [-0.39, 0.29) is 24.5 Å². The number of nitrogens with two attached hydrogens (primary N) is 1. The number of nitrogens with zero attached hydrogens (tertiary/aromatic N) is 6. The third-order valence-corrected chi connectivity index (χ3v) is 7.82. The Kier molecular flexibility index (Phi) is 9.35. The van der Waals surface area contributed by atoms with E-state index in [2.05, 4.69) is 37.6 Å². The summed E-state index contributed by atoms with van der Waals surface area (Å²) in [5.74, 6) is -1.71. The number of pyridine rings is 1. The quantitative estimate of drug-likeness (QED) is 0.418. The van der Waals surface area contributed by atoms with Gasteiger partial charge in [0.1, 0.15) is 17.8 Å². The van der Waals surface area contributed by atoms with Crippen molar-refractivity contribution < 1.29 is 13.6 Å². The van der Waals surface area contributed by atoms with Gasteiger partial charge in [-0.3, -0.25) is 20.0 Å². The van der Waals surface area contributed by atoms with Crippen LogP contribution in [0.5, 0.6) is 0 Å². The smallest absolute Gasteiger partial charge is 0.234 e. The fourth-order valence-corrected chi connectivity index (χ4v) is 5.64. The minimum Gasteiger partial charge on any atom is -0.367 e. The van der Waals surface area contributed by atoms with Crippen LogP contribution < -0.4 is 21.3 Å². The Morgan fingerprint density at radius 2 is 1.92 bits per heavy atom. The van der Waals surface area contributed by atoms with E-state index in [0.29, 0.717) is 19.0 Å². The first kappa shape index (κ1) is 27.7. The lowest BCUT2D eigenvalue weighted by atomic mass is 9.95. The molecule has 11 nitrogen and oxygen atoms in total. The largest absolute Gasteiger partial charge is 0.367 e. The molecule has 3 saturated heterocycles. The average Bonchev–Trinajstić information content (AvgIpc) is 2.87. The lowest BCUT2D eigenvalue weighted by molar-refractivity contribution is -0.124. The number of likely N-dealkylation sites (N-methyl/N-ethyl adjacent to an activating group) is 1. The van der Waals surface area contributed by atoms with Gasteiger partial charge >= 0.3 is 0 Å². The van der Waals surface area contributed by atoms with Gasteiger partial charge in [-0.2, -0.15) is 0 Å². The molecule has 0 saturated carbocycles. The van der Waals surface area contributed by atoms with Gasteiger partial charge in [0.2, 0.25) is 5.91 Å². The maximum absolute atomic E-state index is 15.1. The molecule has 0 aliphatic carbocycles. The minimum absolute atomic E-state index is 0.0280. The molecule has 1 aromatic rings. The number of amides is 1. The Morgan fingerprint density at radius 3 is 2.57 bits per heavy atom. The van der Waals surface area contributed by atoms with Crippen molar-refractivity contribution in [1.82, 2.24) is 25.0 Å². The minimum atomic E-state index is -1.37. The summed E-state index contributed by atoms with van der Waals surface area (Å²) in [5, 5.41) is 8.54. The third-order valence-electron chi connectivity index (χ3n) is 7.82. The fourth-order valence-electron chi connectivity index (χ4n) is 5.64. The average molecular weight is 524 g/mol. The number of halogens is 2. The highest BCUT2D eigenvalue weighted by molar-refractivity contribution is 5.96. The SMILES string of the molecule is CN1CCN(CC2CCN(c3c(F)cncc3NC(=O)C(C(N)N=O)C3NCC(F)CN3C)CC2)CC1. The van der Waals surface area contributed by atoms with Crippen molar-refractivity contribution in [2.45, 2.75) is 31.3 Å². The topological polar surface area (TPSA) is 122 Å². The summed E-state index contributed by atoms with van der Waals surface area (Å²) >= 11 is 0. The molecule has 206 valence electrons. The molecule has 37 heavy (non-hydrogen) atoms. The van der Waals surface area contributed by atoms with Gasteiger partial charge in [-0.05, 0) is 32.9 Å². The van der Waals surface area contributed by atoms with Crippen LogP contribution in [-0.2, 0) is 4.79 Å². The number of alkyl halides is 1. The highest BCUT2D eigenvalue weighted by Gasteiger charge is 2.40. The Labute approximate surface area is 216 Å². The van der Waals surface area contributed by atoms with Crippen LogP contribution >= 0.6 is 0 Å². The van der Waals surface area contributed by atoms with Gasteiger partial charge < -0.3 is 25.8 Å². The summed E-state index contributed by atoms with van der Waals surface area (Å²) in [6.07, 6.45) is 1.20. The number of carbonyl (C=O) groups excluding carboxylic acids is 1. The summed E-state index contributed by atoms with van der Waals surface area (Å²) in [7, 11) is 3.78. The van der Waals surface area contributed by atoms with E-state index in [4.69, 9.17) is 5.73 Å². The van der Waals surface area contributed by atoms with Crippen LogP contribution in [0.2, 0.25) is 0 Å². The lowest BCUT2D eigenvalue weighted by Crippen LogP contribution is -2.62. The Balaban J connectivity index is 1.43. The molecule has 3 aliphatic heterocycles. The van der Waals surface area contributed by atoms with Gasteiger partial charge in [-0.25, -0.2) is 8.78 Å². The molecule has 0 spiro atoms. The summed E-state index contributed by atoms with van der Waals surface area (Å²) in [5.41, 5.74) is 6.40. The van der Waals surface area contributed by atoms with E-state index in [0.717, 1.165) is 51.8 Å². The Hall–Kier alpha value is -2.32. The number of nitroso groups, excluding NO2 is 1. The van der Waals surface area contributed by atoms with Crippen molar-refractivity contribution in [3.05, 3.63) is 23.1 Å². The first-order valence-electron chi connectivity index (χ1n) is 13.0. The zero-order valence-corrected chi connectivity index (χ0v) is 21.7. The first-order valence-corrected chi connectivity index (χ1v) is 13.0. The second-order valence-electron chi connectivity index (χ2n) is 10.6. The van der Waals surface area contributed by atoms with Gasteiger partial charge in [-0.1, -0.05) is 5.18 Å². The van der Waals surface area contributed by atoms with Crippen LogP contribution in [-0.4, -0.2) is 117 Å². The number of piperazine rings is 1. The molecule has 3 aliphatic rings. The van der Waals surface area contributed by atoms with Gasteiger partial charge in [0.25, 0.3) is 0 Å². The molecular formula is C24H39F2N9O2. The second kappa shape index (κ2) is 12.5. The summed E-state index contributed by atoms with van der Waals surface area (Å²) in [6.45, 7) is 6.78. The molecule has 0 aromatic carbocycles.